The largest absolute Gasteiger partial charge is 0.465 e. The lowest BCUT2D eigenvalue weighted by Gasteiger charge is -2.13. The number of hydrogen-bond acceptors (Lipinski definition) is 4. The minimum Gasteiger partial charge on any atom is -0.465 e. The summed E-state index contributed by atoms with van der Waals surface area (Å²) in [4.78, 5) is 23.3. The predicted molar refractivity (Wildman–Crippen MR) is 88.9 cm³/mol. The molecule has 1 atom stereocenters. The molecule has 0 saturated heterocycles. The van der Waals surface area contributed by atoms with Crippen molar-refractivity contribution in [2.75, 3.05) is 12.4 Å². The first kappa shape index (κ1) is 16.5. The van der Waals surface area contributed by atoms with Crippen LogP contribution in [0.1, 0.15) is 17.3 Å². The molecule has 6 heteroatoms. The van der Waals surface area contributed by atoms with Gasteiger partial charge in [-0.3, -0.25) is 0 Å². The van der Waals surface area contributed by atoms with Gasteiger partial charge in [0.05, 0.1) is 18.2 Å². The molecule has 2 rings (SSSR count). The summed E-state index contributed by atoms with van der Waals surface area (Å²) in [5.74, 6) is -0.425. The molecular weight excluding hydrogens is 294 g/mol. The monoisotopic (exact) mass is 313 g/mol. The summed E-state index contributed by atoms with van der Waals surface area (Å²) >= 11 is 0. The molecule has 1 unspecified atom stereocenters. The second-order valence-corrected chi connectivity index (χ2v) is 5.33. The fraction of sp³-hybridized carbons (Fsp3) is 0.176. The van der Waals surface area contributed by atoms with Crippen LogP contribution >= 0.6 is 0 Å². The highest BCUT2D eigenvalue weighted by molar-refractivity contribution is 5.93. The van der Waals surface area contributed by atoms with Crippen LogP contribution in [0, 0.1) is 0 Å². The SMILES string of the molecule is COC(=O)c1ccc(NC(=O)NC2=CC=CC(C)(N)C=C2)cc1. The van der Waals surface area contributed by atoms with Crippen LogP contribution in [0.4, 0.5) is 10.5 Å². The van der Waals surface area contributed by atoms with Crippen LogP contribution in [0.25, 0.3) is 0 Å². The maximum atomic E-state index is 12.0. The minimum atomic E-state index is -0.542. The van der Waals surface area contributed by atoms with Gasteiger partial charge >= 0.3 is 12.0 Å². The molecule has 0 bridgehead atoms. The highest BCUT2D eigenvalue weighted by atomic mass is 16.5. The van der Waals surface area contributed by atoms with Crippen LogP contribution in [0.3, 0.4) is 0 Å². The number of urea groups is 1. The smallest absolute Gasteiger partial charge is 0.337 e. The highest BCUT2D eigenvalue weighted by Crippen LogP contribution is 2.12. The lowest BCUT2D eigenvalue weighted by molar-refractivity contribution is 0.0601. The van der Waals surface area contributed by atoms with Gasteiger partial charge < -0.3 is 21.1 Å². The van der Waals surface area contributed by atoms with Crippen LogP contribution in [0.15, 0.2) is 60.3 Å². The van der Waals surface area contributed by atoms with Crippen LogP contribution in [-0.4, -0.2) is 24.6 Å². The van der Waals surface area contributed by atoms with E-state index in [-0.39, 0.29) is 6.03 Å². The Bertz CT molecular complexity index is 686. The number of methoxy groups -OCH3 is 1. The number of esters is 1. The molecule has 0 radical (unpaired) electrons. The van der Waals surface area contributed by atoms with Gasteiger partial charge in [-0.25, -0.2) is 9.59 Å². The molecule has 0 fully saturated rings. The fourth-order valence-corrected chi connectivity index (χ4v) is 1.92. The summed E-state index contributed by atoms with van der Waals surface area (Å²) in [6.45, 7) is 1.86. The van der Waals surface area contributed by atoms with Gasteiger partial charge in [-0.15, -0.1) is 0 Å². The average Bonchev–Trinajstić information content (AvgIpc) is 2.68. The van der Waals surface area contributed by atoms with Crippen molar-refractivity contribution < 1.29 is 14.3 Å². The third-order valence-corrected chi connectivity index (χ3v) is 3.17. The fourth-order valence-electron chi connectivity index (χ4n) is 1.92. The van der Waals surface area contributed by atoms with Gasteiger partial charge in [0.15, 0.2) is 0 Å². The van der Waals surface area contributed by atoms with Crippen molar-refractivity contribution in [3.63, 3.8) is 0 Å². The van der Waals surface area contributed by atoms with Crippen molar-refractivity contribution in [3.8, 4) is 0 Å². The number of nitrogens with one attached hydrogen (secondary N) is 2. The maximum absolute atomic E-state index is 12.0. The molecule has 0 spiro atoms. The lowest BCUT2D eigenvalue weighted by Crippen LogP contribution is -2.31. The van der Waals surface area contributed by atoms with Crippen LogP contribution < -0.4 is 16.4 Å². The van der Waals surface area contributed by atoms with E-state index >= 15 is 0 Å². The zero-order chi connectivity index (χ0) is 16.9. The molecule has 23 heavy (non-hydrogen) atoms. The summed E-state index contributed by atoms with van der Waals surface area (Å²) in [5.41, 5.74) is 7.03. The molecular formula is C17H19N3O3. The van der Waals surface area contributed by atoms with Gasteiger partial charge in [-0.1, -0.05) is 18.2 Å². The molecule has 4 N–H and O–H groups in total. The van der Waals surface area contributed by atoms with E-state index in [1.807, 2.05) is 13.0 Å². The Kier molecular flexibility index (Phi) is 4.98. The molecule has 120 valence electrons. The Balaban J connectivity index is 1.96. The Labute approximate surface area is 134 Å². The predicted octanol–water partition coefficient (Wildman–Crippen LogP) is 2.32. The van der Waals surface area contributed by atoms with E-state index < -0.39 is 11.5 Å². The number of allylic oxidation sites excluding steroid dienone is 3. The Hall–Kier alpha value is -2.86. The third-order valence-electron chi connectivity index (χ3n) is 3.17. The highest BCUT2D eigenvalue weighted by Gasteiger charge is 2.12. The number of benzene rings is 1. The molecule has 0 aromatic heterocycles. The number of carbonyl (C=O) groups excluding carboxylic acids is 2. The second kappa shape index (κ2) is 6.93. The first-order valence-electron chi connectivity index (χ1n) is 7.04. The van der Waals surface area contributed by atoms with Crippen molar-refractivity contribution in [2.24, 2.45) is 5.73 Å². The summed E-state index contributed by atoms with van der Waals surface area (Å²) in [6, 6.07) is 6.02. The summed E-state index contributed by atoms with van der Waals surface area (Å²) < 4.78 is 4.62. The van der Waals surface area contributed by atoms with E-state index in [1.54, 1.807) is 48.6 Å². The van der Waals surface area contributed by atoms with Crippen LogP contribution in [0.5, 0.6) is 0 Å². The average molecular weight is 313 g/mol. The standard InChI is InChI=1S/C17H19N3O3/c1-17(18)10-3-4-13(9-11-17)19-16(22)20-14-7-5-12(6-8-14)15(21)23-2/h3-11H,18H2,1-2H3,(H2,19,20,22). The van der Waals surface area contributed by atoms with Crippen molar-refractivity contribution >= 4 is 17.7 Å². The van der Waals surface area contributed by atoms with E-state index in [2.05, 4.69) is 15.4 Å². The maximum Gasteiger partial charge on any atom is 0.337 e. The van der Waals surface area contributed by atoms with Gasteiger partial charge in [0, 0.05) is 11.4 Å². The summed E-state index contributed by atoms with van der Waals surface area (Å²) in [5, 5.41) is 5.40. The number of rotatable bonds is 3. The zero-order valence-electron chi connectivity index (χ0n) is 13.0. The first-order chi connectivity index (χ1) is 10.9. The number of carbonyl (C=O) groups is 2. The number of nitrogens with two attached hydrogens (primary N) is 1. The molecule has 2 amide bonds. The number of hydrogen-bond donors (Lipinski definition) is 3. The van der Waals surface area contributed by atoms with Gasteiger partial charge in [0.1, 0.15) is 0 Å². The zero-order valence-corrected chi connectivity index (χ0v) is 13.0. The van der Waals surface area contributed by atoms with Crippen molar-refractivity contribution in [2.45, 2.75) is 12.5 Å². The Morgan fingerprint density at radius 3 is 2.48 bits per heavy atom. The molecule has 0 aliphatic heterocycles. The van der Waals surface area contributed by atoms with Crippen molar-refractivity contribution in [3.05, 3.63) is 65.9 Å². The molecule has 0 saturated carbocycles. The van der Waals surface area contributed by atoms with E-state index in [4.69, 9.17) is 5.73 Å². The summed E-state index contributed by atoms with van der Waals surface area (Å²) in [7, 11) is 1.32. The van der Waals surface area contributed by atoms with Crippen LogP contribution in [0.2, 0.25) is 0 Å². The minimum absolute atomic E-state index is 0.388. The molecule has 1 aliphatic carbocycles. The molecule has 6 nitrogen and oxygen atoms in total. The van der Waals surface area contributed by atoms with Crippen molar-refractivity contribution in [1.82, 2.24) is 5.32 Å². The second-order valence-electron chi connectivity index (χ2n) is 5.33. The normalized spacial score (nSPS) is 19.5. The molecule has 1 aromatic carbocycles. The Morgan fingerprint density at radius 1 is 1.13 bits per heavy atom. The van der Waals surface area contributed by atoms with Gasteiger partial charge in [-0.2, -0.15) is 0 Å². The summed E-state index contributed by atoms with van der Waals surface area (Å²) in [6.07, 6.45) is 8.94. The lowest BCUT2D eigenvalue weighted by atomic mass is 10.0. The van der Waals surface area contributed by atoms with E-state index in [0.717, 1.165) is 0 Å². The molecule has 1 aliphatic rings. The van der Waals surface area contributed by atoms with Gasteiger partial charge in [0.25, 0.3) is 0 Å². The number of amides is 2. The van der Waals surface area contributed by atoms with Crippen molar-refractivity contribution in [1.29, 1.82) is 0 Å². The van der Waals surface area contributed by atoms with E-state index in [1.165, 1.54) is 7.11 Å². The van der Waals surface area contributed by atoms with E-state index in [9.17, 15) is 9.59 Å². The molecule has 0 heterocycles. The number of ether oxygens (including phenoxy) is 1. The molecule has 1 aromatic rings. The number of anilines is 1. The van der Waals surface area contributed by atoms with Gasteiger partial charge in [0.2, 0.25) is 0 Å². The first-order valence-corrected chi connectivity index (χ1v) is 7.04. The Morgan fingerprint density at radius 2 is 1.83 bits per heavy atom. The topological polar surface area (TPSA) is 93.4 Å². The quantitative estimate of drug-likeness (QED) is 0.747. The van der Waals surface area contributed by atoms with E-state index in [0.29, 0.717) is 16.9 Å². The van der Waals surface area contributed by atoms with Gasteiger partial charge in [-0.05, 0) is 43.3 Å². The van der Waals surface area contributed by atoms with Crippen LogP contribution in [-0.2, 0) is 4.74 Å². The third kappa shape index (κ3) is 4.82.